The Bertz CT molecular complexity index is 379. The molecule has 0 unspecified atom stereocenters. The fraction of sp³-hybridized carbons (Fsp3) is 0.667. The van der Waals surface area contributed by atoms with E-state index >= 15 is 0 Å². The number of nitrogens with zero attached hydrogens (tertiary/aromatic N) is 1. The van der Waals surface area contributed by atoms with Gasteiger partial charge in [0.15, 0.2) is 0 Å². The molecule has 0 saturated heterocycles. The fourth-order valence-electron chi connectivity index (χ4n) is 2.12. The molecular formula is C18H31N. The largest absolute Gasteiger partial charge is 0.304 e. The van der Waals surface area contributed by atoms with Crippen LogP contribution in [0.1, 0.15) is 58.6 Å². The minimum absolute atomic E-state index is 0.255. The fourth-order valence-corrected chi connectivity index (χ4v) is 2.12. The van der Waals surface area contributed by atoms with Crippen LogP contribution in [-0.4, -0.2) is 24.5 Å². The van der Waals surface area contributed by atoms with Gasteiger partial charge < -0.3 is 4.90 Å². The zero-order chi connectivity index (χ0) is 14.7. The molecule has 1 nitrogen and oxygen atoms in total. The van der Waals surface area contributed by atoms with Crippen LogP contribution in [0, 0.1) is 0 Å². The summed E-state index contributed by atoms with van der Waals surface area (Å²) in [6, 6.07) is 9.16. The molecule has 0 aliphatic heterocycles. The summed E-state index contributed by atoms with van der Waals surface area (Å²) in [5.74, 6) is 0. The Morgan fingerprint density at radius 3 is 1.84 bits per heavy atom. The van der Waals surface area contributed by atoms with Crippen LogP contribution in [0.4, 0.5) is 0 Å². The number of rotatable bonds is 5. The summed E-state index contributed by atoms with van der Waals surface area (Å²) >= 11 is 0. The molecule has 1 aromatic carbocycles. The summed E-state index contributed by atoms with van der Waals surface area (Å²) < 4.78 is 0. The van der Waals surface area contributed by atoms with Crippen LogP contribution < -0.4 is 0 Å². The van der Waals surface area contributed by atoms with E-state index in [4.69, 9.17) is 0 Å². The quantitative estimate of drug-likeness (QED) is 0.746. The molecular weight excluding hydrogens is 230 g/mol. The average Bonchev–Trinajstić information content (AvgIpc) is 2.28. The second-order valence-electron chi connectivity index (χ2n) is 7.51. The summed E-state index contributed by atoms with van der Waals surface area (Å²) in [5.41, 5.74) is 3.43. The molecule has 0 radical (unpaired) electrons. The Labute approximate surface area is 120 Å². The smallest absolute Gasteiger partial charge is 0.0147 e. The highest BCUT2D eigenvalue weighted by molar-refractivity contribution is 5.27. The first kappa shape index (κ1) is 16.2. The molecule has 0 heterocycles. The second-order valence-corrected chi connectivity index (χ2v) is 7.51. The van der Waals surface area contributed by atoms with Crippen molar-refractivity contribution >= 4 is 0 Å². The number of benzene rings is 1. The average molecular weight is 261 g/mol. The van der Waals surface area contributed by atoms with Gasteiger partial charge >= 0.3 is 0 Å². The van der Waals surface area contributed by atoms with Crippen molar-refractivity contribution in [1.29, 1.82) is 0 Å². The van der Waals surface area contributed by atoms with Crippen LogP contribution >= 0.6 is 0 Å². The van der Waals surface area contributed by atoms with E-state index < -0.39 is 0 Å². The molecule has 1 aromatic rings. The lowest BCUT2D eigenvalue weighted by Crippen LogP contribution is -2.37. The van der Waals surface area contributed by atoms with Gasteiger partial charge in [0.05, 0.1) is 0 Å². The van der Waals surface area contributed by atoms with E-state index in [-0.39, 0.29) is 5.41 Å². The van der Waals surface area contributed by atoms with E-state index in [1.54, 1.807) is 0 Å². The van der Waals surface area contributed by atoms with Crippen molar-refractivity contribution in [2.24, 2.45) is 0 Å². The van der Waals surface area contributed by atoms with Crippen molar-refractivity contribution in [3.8, 4) is 0 Å². The Balaban J connectivity index is 2.52. The molecule has 1 heteroatoms. The Morgan fingerprint density at radius 2 is 1.42 bits per heavy atom. The van der Waals surface area contributed by atoms with Gasteiger partial charge in [-0.3, -0.25) is 0 Å². The lowest BCUT2D eigenvalue weighted by atomic mass is 9.86. The maximum Gasteiger partial charge on any atom is 0.0147 e. The van der Waals surface area contributed by atoms with Crippen LogP contribution in [0.2, 0.25) is 0 Å². The van der Waals surface area contributed by atoms with Crippen molar-refractivity contribution in [3.05, 3.63) is 35.4 Å². The normalized spacial score (nSPS) is 13.1. The Kier molecular flexibility index (Phi) is 5.20. The SMILES string of the molecule is CN(C)C(C)(C)CCCc1ccc(C(C)(C)C)cc1. The first-order valence-electron chi connectivity index (χ1n) is 7.40. The predicted molar refractivity (Wildman–Crippen MR) is 85.8 cm³/mol. The molecule has 0 saturated carbocycles. The number of hydrogen-bond donors (Lipinski definition) is 0. The molecule has 0 bridgehead atoms. The highest BCUT2D eigenvalue weighted by Gasteiger charge is 2.19. The van der Waals surface area contributed by atoms with Crippen LogP contribution in [0.5, 0.6) is 0 Å². The summed E-state index contributed by atoms with van der Waals surface area (Å²) in [6.07, 6.45) is 3.67. The van der Waals surface area contributed by atoms with Gasteiger partial charge in [-0.25, -0.2) is 0 Å². The highest BCUT2D eigenvalue weighted by atomic mass is 15.1. The molecule has 0 aliphatic carbocycles. The molecule has 108 valence electrons. The molecule has 0 atom stereocenters. The number of aryl methyl sites for hydroxylation is 1. The Morgan fingerprint density at radius 1 is 0.895 bits per heavy atom. The minimum Gasteiger partial charge on any atom is -0.304 e. The van der Waals surface area contributed by atoms with Gasteiger partial charge in [0.2, 0.25) is 0 Å². The minimum atomic E-state index is 0.255. The van der Waals surface area contributed by atoms with Gasteiger partial charge in [-0.2, -0.15) is 0 Å². The molecule has 0 aliphatic rings. The van der Waals surface area contributed by atoms with Crippen molar-refractivity contribution < 1.29 is 0 Å². The van der Waals surface area contributed by atoms with Crippen LogP contribution in [0.3, 0.4) is 0 Å². The van der Waals surface area contributed by atoms with Crippen LogP contribution in [0.25, 0.3) is 0 Å². The van der Waals surface area contributed by atoms with Crippen molar-refractivity contribution in [1.82, 2.24) is 4.90 Å². The van der Waals surface area contributed by atoms with E-state index in [9.17, 15) is 0 Å². The lowest BCUT2D eigenvalue weighted by molar-refractivity contribution is 0.179. The highest BCUT2D eigenvalue weighted by Crippen LogP contribution is 2.23. The third-order valence-corrected chi connectivity index (χ3v) is 4.28. The summed E-state index contributed by atoms with van der Waals surface area (Å²) in [6.45, 7) is 11.4. The molecule has 0 amide bonds. The molecule has 19 heavy (non-hydrogen) atoms. The summed E-state index contributed by atoms with van der Waals surface area (Å²) in [5, 5.41) is 0. The van der Waals surface area contributed by atoms with Gasteiger partial charge in [-0.1, -0.05) is 45.0 Å². The van der Waals surface area contributed by atoms with Gasteiger partial charge in [-0.05, 0) is 63.7 Å². The van der Waals surface area contributed by atoms with Gasteiger partial charge in [-0.15, -0.1) is 0 Å². The molecule has 0 N–H and O–H groups in total. The van der Waals surface area contributed by atoms with Crippen molar-refractivity contribution in [2.75, 3.05) is 14.1 Å². The van der Waals surface area contributed by atoms with Gasteiger partial charge in [0.1, 0.15) is 0 Å². The predicted octanol–water partition coefficient (Wildman–Crippen LogP) is 4.65. The maximum absolute atomic E-state index is 2.32. The summed E-state index contributed by atoms with van der Waals surface area (Å²) in [7, 11) is 4.33. The van der Waals surface area contributed by atoms with E-state index in [0.29, 0.717) is 5.54 Å². The van der Waals surface area contributed by atoms with Gasteiger partial charge in [0, 0.05) is 5.54 Å². The first-order chi connectivity index (χ1) is 8.63. The van der Waals surface area contributed by atoms with E-state index in [0.717, 1.165) is 0 Å². The maximum atomic E-state index is 2.32. The first-order valence-corrected chi connectivity index (χ1v) is 7.40. The third-order valence-electron chi connectivity index (χ3n) is 4.28. The lowest BCUT2D eigenvalue weighted by Gasteiger charge is -2.32. The molecule has 0 fully saturated rings. The van der Waals surface area contributed by atoms with E-state index in [1.165, 1.54) is 30.4 Å². The van der Waals surface area contributed by atoms with Gasteiger partial charge in [0.25, 0.3) is 0 Å². The third kappa shape index (κ3) is 4.99. The topological polar surface area (TPSA) is 3.24 Å². The van der Waals surface area contributed by atoms with Crippen molar-refractivity contribution in [2.45, 2.75) is 64.8 Å². The molecule has 1 rings (SSSR count). The van der Waals surface area contributed by atoms with E-state index in [2.05, 4.69) is 77.9 Å². The zero-order valence-electron chi connectivity index (χ0n) is 13.9. The molecule has 0 spiro atoms. The molecule has 0 aromatic heterocycles. The Hall–Kier alpha value is -0.820. The summed E-state index contributed by atoms with van der Waals surface area (Å²) in [4.78, 5) is 2.32. The van der Waals surface area contributed by atoms with Crippen molar-refractivity contribution in [3.63, 3.8) is 0 Å². The van der Waals surface area contributed by atoms with Crippen LogP contribution in [0.15, 0.2) is 24.3 Å². The zero-order valence-corrected chi connectivity index (χ0v) is 13.9. The standard InChI is InChI=1S/C18H31N/c1-17(2,3)16-12-10-15(11-13-16)9-8-14-18(4,5)19(6)7/h10-13H,8-9,14H2,1-7H3. The number of hydrogen-bond acceptors (Lipinski definition) is 1. The van der Waals surface area contributed by atoms with E-state index in [1.807, 2.05) is 0 Å². The monoisotopic (exact) mass is 261 g/mol. The second kappa shape index (κ2) is 6.09. The van der Waals surface area contributed by atoms with Crippen LogP contribution in [-0.2, 0) is 11.8 Å².